The SMILES string of the molecule is COc1ccc(Cl)cc1N=NN(C)c1ccc(S(=O)(=O)N(C)C)cc1C(=O)[O-].[Na+]. The van der Waals surface area contributed by atoms with Gasteiger partial charge in [0.1, 0.15) is 11.4 Å². The van der Waals surface area contributed by atoms with Crippen molar-refractivity contribution >= 4 is 39.0 Å². The smallest absolute Gasteiger partial charge is 0.545 e. The number of carboxylic acids is 1. The van der Waals surface area contributed by atoms with Crippen LogP contribution in [0.3, 0.4) is 0 Å². The molecule has 0 atom stereocenters. The van der Waals surface area contributed by atoms with Crippen molar-refractivity contribution < 1.29 is 52.6 Å². The van der Waals surface area contributed by atoms with Crippen molar-refractivity contribution in [2.75, 3.05) is 33.3 Å². The third-order valence-corrected chi connectivity index (χ3v) is 5.79. The Balaban J connectivity index is 0.00000420. The number of sulfonamides is 1. The molecule has 9 nitrogen and oxygen atoms in total. The van der Waals surface area contributed by atoms with Crippen LogP contribution in [0.25, 0.3) is 0 Å². The van der Waals surface area contributed by atoms with E-state index in [0.717, 1.165) is 10.4 Å². The van der Waals surface area contributed by atoms with Gasteiger partial charge in [-0.2, -0.15) is 0 Å². The molecule has 0 radical (unpaired) electrons. The average molecular weight is 449 g/mol. The second kappa shape index (κ2) is 10.4. The number of hydrogen-bond acceptors (Lipinski definition) is 7. The van der Waals surface area contributed by atoms with Crippen molar-refractivity contribution in [1.82, 2.24) is 4.31 Å². The van der Waals surface area contributed by atoms with Crippen LogP contribution in [0.15, 0.2) is 51.6 Å². The third kappa shape index (κ3) is 5.91. The van der Waals surface area contributed by atoms with Crippen LogP contribution in [-0.2, 0) is 10.0 Å². The summed E-state index contributed by atoms with van der Waals surface area (Å²) < 4.78 is 30.6. The van der Waals surface area contributed by atoms with Crippen molar-refractivity contribution in [2.24, 2.45) is 10.3 Å². The van der Waals surface area contributed by atoms with Gasteiger partial charge >= 0.3 is 29.6 Å². The van der Waals surface area contributed by atoms with Crippen LogP contribution >= 0.6 is 11.6 Å². The standard InChI is InChI=1S/C17H19ClN4O5S.Na/c1-21(2)28(25,26)12-6-7-15(13(10-12)17(23)24)22(3)20-19-14-9-11(18)5-8-16(14)27-4;/h5-10H,1-4H3,(H,23,24);/q;+1/p-1. The molecule has 0 amide bonds. The Hall–Kier alpha value is -1.69. The number of nitrogens with zero attached hydrogens (tertiary/aromatic N) is 4. The molecule has 0 fully saturated rings. The molecule has 2 aromatic rings. The molecule has 2 rings (SSSR count). The molecular formula is C17H18ClN4NaO5S. The van der Waals surface area contributed by atoms with Crippen LogP contribution in [-0.4, -0.2) is 46.9 Å². The van der Waals surface area contributed by atoms with Crippen molar-refractivity contribution in [3.8, 4) is 5.75 Å². The molecule has 0 aromatic heterocycles. The maximum absolute atomic E-state index is 12.2. The zero-order valence-electron chi connectivity index (χ0n) is 16.6. The summed E-state index contributed by atoms with van der Waals surface area (Å²) in [5.41, 5.74) is 0.0912. The Morgan fingerprint density at radius 2 is 1.79 bits per heavy atom. The van der Waals surface area contributed by atoms with Crippen LogP contribution in [0.5, 0.6) is 5.75 Å². The third-order valence-electron chi connectivity index (χ3n) is 3.74. The van der Waals surface area contributed by atoms with Gasteiger partial charge in [-0.25, -0.2) is 17.7 Å². The van der Waals surface area contributed by atoms with Gasteiger partial charge in [0, 0.05) is 31.7 Å². The van der Waals surface area contributed by atoms with Crippen LogP contribution in [0.2, 0.25) is 5.02 Å². The fourth-order valence-corrected chi connectivity index (χ4v) is 3.33. The van der Waals surface area contributed by atoms with Crippen LogP contribution in [0.1, 0.15) is 10.4 Å². The summed E-state index contributed by atoms with van der Waals surface area (Å²) in [6, 6.07) is 8.39. The minimum atomic E-state index is -3.81. The molecule has 150 valence electrons. The van der Waals surface area contributed by atoms with Crippen LogP contribution in [0, 0.1) is 0 Å². The first-order valence-corrected chi connectivity index (χ1v) is 9.66. The maximum atomic E-state index is 12.2. The Morgan fingerprint density at radius 1 is 1.14 bits per heavy atom. The van der Waals surface area contributed by atoms with E-state index in [0.29, 0.717) is 16.5 Å². The minimum absolute atomic E-state index is 0. The first-order valence-electron chi connectivity index (χ1n) is 7.84. The zero-order chi connectivity index (χ0) is 21.1. The molecule has 0 aliphatic carbocycles. The second-order valence-corrected chi connectivity index (χ2v) is 8.37. The zero-order valence-corrected chi connectivity index (χ0v) is 20.2. The molecule has 0 N–H and O–H groups in total. The van der Waals surface area contributed by atoms with E-state index >= 15 is 0 Å². The van der Waals surface area contributed by atoms with E-state index in [9.17, 15) is 18.3 Å². The summed E-state index contributed by atoms with van der Waals surface area (Å²) in [4.78, 5) is 11.4. The molecular weight excluding hydrogens is 431 g/mol. The predicted molar refractivity (Wildman–Crippen MR) is 103 cm³/mol. The number of halogens is 1. The number of methoxy groups -OCH3 is 1. The molecule has 0 saturated heterocycles. The maximum Gasteiger partial charge on any atom is 1.00 e. The largest absolute Gasteiger partial charge is 1.00 e. The quantitative estimate of drug-likeness (QED) is 0.308. The second-order valence-electron chi connectivity index (χ2n) is 5.78. The van der Waals surface area contributed by atoms with Crippen LogP contribution < -0.4 is 44.4 Å². The summed E-state index contributed by atoms with van der Waals surface area (Å²) in [6.45, 7) is 0. The fraction of sp³-hybridized carbons (Fsp3) is 0.235. The Labute approximate surface area is 196 Å². The average Bonchev–Trinajstić information content (AvgIpc) is 2.65. The normalized spacial score (nSPS) is 11.4. The number of carboxylic acid groups (broad SMARTS) is 1. The number of carbonyl (C=O) groups is 1. The molecule has 0 aliphatic rings. The van der Waals surface area contributed by atoms with E-state index in [2.05, 4.69) is 10.3 Å². The molecule has 2 aromatic carbocycles. The Bertz CT molecular complexity index is 1030. The van der Waals surface area contributed by atoms with Gasteiger partial charge in [-0.15, -0.1) is 5.11 Å². The van der Waals surface area contributed by atoms with E-state index in [-0.39, 0.29) is 45.7 Å². The first-order chi connectivity index (χ1) is 13.1. The molecule has 12 heteroatoms. The van der Waals surface area contributed by atoms with Crippen molar-refractivity contribution in [3.63, 3.8) is 0 Å². The van der Waals surface area contributed by atoms with Crippen LogP contribution in [0.4, 0.5) is 11.4 Å². The number of anilines is 1. The fourth-order valence-electron chi connectivity index (χ4n) is 2.24. The summed E-state index contributed by atoms with van der Waals surface area (Å²) in [5.74, 6) is -1.12. The van der Waals surface area contributed by atoms with E-state index in [1.54, 1.807) is 12.1 Å². The Kier molecular flexibility index (Phi) is 9.07. The van der Waals surface area contributed by atoms with E-state index in [4.69, 9.17) is 16.3 Å². The molecule has 0 saturated carbocycles. The van der Waals surface area contributed by atoms with Gasteiger partial charge in [0.05, 0.1) is 23.7 Å². The van der Waals surface area contributed by atoms with Crippen molar-refractivity contribution in [2.45, 2.75) is 4.90 Å². The predicted octanol–water partition coefficient (Wildman–Crippen LogP) is -0.898. The number of ether oxygens (including phenoxy) is 1. The number of hydrogen-bond donors (Lipinski definition) is 0. The van der Waals surface area contributed by atoms with E-state index in [1.165, 1.54) is 51.5 Å². The van der Waals surface area contributed by atoms with Gasteiger partial charge < -0.3 is 14.6 Å². The number of rotatable bonds is 7. The van der Waals surface area contributed by atoms with Crippen molar-refractivity contribution in [3.05, 3.63) is 47.0 Å². The van der Waals surface area contributed by atoms with Gasteiger partial charge in [-0.1, -0.05) is 16.8 Å². The van der Waals surface area contributed by atoms with E-state index in [1.807, 2.05) is 0 Å². The van der Waals surface area contributed by atoms with Gasteiger partial charge in [0.15, 0.2) is 0 Å². The summed E-state index contributed by atoms with van der Waals surface area (Å²) in [5, 5.41) is 21.1. The molecule has 0 bridgehead atoms. The van der Waals surface area contributed by atoms with Gasteiger partial charge in [0.25, 0.3) is 0 Å². The molecule has 0 spiro atoms. The summed E-state index contributed by atoms with van der Waals surface area (Å²) in [6.07, 6.45) is 0. The Morgan fingerprint density at radius 3 is 2.34 bits per heavy atom. The van der Waals surface area contributed by atoms with Gasteiger partial charge in [0.2, 0.25) is 10.0 Å². The molecule has 0 unspecified atom stereocenters. The topological polar surface area (TPSA) is 115 Å². The number of carbonyl (C=O) groups excluding carboxylic acids is 1. The molecule has 29 heavy (non-hydrogen) atoms. The van der Waals surface area contributed by atoms with E-state index < -0.39 is 16.0 Å². The number of benzene rings is 2. The molecule has 0 heterocycles. The minimum Gasteiger partial charge on any atom is -0.545 e. The van der Waals surface area contributed by atoms with Crippen molar-refractivity contribution in [1.29, 1.82) is 0 Å². The van der Waals surface area contributed by atoms with Gasteiger partial charge in [-0.05, 0) is 36.4 Å². The van der Waals surface area contributed by atoms with Gasteiger partial charge in [-0.3, -0.25) is 0 Å². The first kappa shape index (κ1) is 25.3. The summed E-state index contributed by atoms with van der Waals surface area (Å²) in [7, 11) is 1.81. The monoisotopic (exact) mass is 448 g/mol. The number of aromatic carboxylic acids is 1. The molecule has 0 aliphatic heterocycles. The summed E-state index contributed by atoms with van der Waals surface area (Å²) >= 11 is 5.94.